The topological polar surface area (TPSA) is 9.23 Å². The first-order valence-electron chi connectivity index (χ1n) is 12.8. The van der Waals surface area contributed by atoms with Crippen LogP contribution in [0.3, 0.4) is 0 Å². The van der Waals surface area contributed by atoms with Crippen molar-refractivity contribution in [1.82, 2.24) is 0 Å². The number of benzene rings is 1. The largest absolute Gasteiger partial charge is 0.494 e. The molecule has 0 heterocycles. The summed E-state index contributed by atoms with van der Waals surface area (Å²) in [4.78, 5) is 0. The van der Waals surface area contributed by atoms with Crippen LogP contribution in [0.25, 0.3) is 0 Å². The predicted octanol–water partition coefficient (Wildman–Crippen LogP) is 8.99. The molecular formula is C28H43FO. The average Bonchev–Trinajstić information content (AvgIpc) is 2.80. The fraction of sp³-hybridized carbons (Fsp3) is 0.714. The van der Waals surface area contributed by atoms with Crippen molar-refractivity contribution in [3.05, 3.63) is 42.2 Å². The maximum absolute atomic E-state index is 12.1. The van der Waals surface area contributed by atoms with Gasteiger partial charge in [0, 0.05) is 0 Å². The molecule has 0 saturated heterocycles. The van der Waals surface area contributed by atoms with Crippen LogP contribution in [0, 0.1) is 17.8 Å². The van der Waals surface area contributed by atoms with Crippen molar-refractivity contribution in [2.75, 3.05) is 6.61 Å². The van der Waals surface area contributed by atoms with E-state index in [0.29, 0.717) is 6.33 Å². The van der Waals surface area contributed by atoms with Crippen molar-refractivity contribution < 1.29 is 9.13 Å². The Morgan fingerprint density at radius 1 is 0.867 bits per heavy atom. The molecule has 1 aromatic carbocycles. The third-order valence-corrected chi connectivity index (χ3v) is 7.78. The molecule has 0 radical (unpaired) electrons. The minimum atomic E-state index is 0.708. The number of rotatable bonds is 11. The van der Waals surface area contributed by atoms with Gasteiger partial charge in [0.15, 0.2) is 0 Å². The minimum Gasteiger partial charge on any atom is -0.494 e. The Kier molecular flexibility index (Phi) is 10.3. The van der Waals surface area contributed by atoms with Crippen LogP contribution in [-0.4, -0.2) is 6.61 Å². The summed E-state index contributed by atoms with van der Waals surface area (Å²) >= 11 is 0. The van der Waals surface area contributed by atoms with Crippen molar-refractivity contribution in [2.45, 2.75) is 103 Å². The maximum Gasteiger partial charge on any atom is 0.119 e. The Morgan fingerprint density at radius 3 is 2.17 bits per heavy atom. The smallest absolute Gasteiger partial charge is 0.119 e. The predicted molar refractivity (Wildman–Crippen MR) is 126 cm³/mol. The molecule has 1 nitrogen and oxygen atoms in total. The number of hydrogen-bond donors (Lipinski definition) is 0. The molecule has 0 aromatic heterocycles. The second kappa shape index (κ2) is 13.2. The zero-order chi connectivity index (χ0) is 21.0. The monoisotopic (exact) mass is 414 g/mol. The summed E-state index contributed by atoms with van der Waals surface area (Å²) in [5.41, 5.74) is 1.51. The lowest BCUT2D eigenvalue weighted by Gasteiger charge is -2.38. The highest BCUT2D eigenvalue weighted by atomic mass is 19.1. The third kappa shape index (κ3) is 7.43. The van der Waals surface area contributed by atoms with E-state index in [1.807, 2.05) is 0 Å². The highest BCUT2D eigenvalue weighted by molar-refractivity contribution is 5.29. The fourth-order valence-corrected chi connectivity index (χ4v) is 5.82. The van der Waals surface area contributed by atoms with Gasteiger partial charge in [0.1, 0.15) is 5.75 Å². The van der Waals surface area contributed by atoms with E-state index in [9.17, 15) is 4.39 Å². The van der Waals surface area contributed by atoms with Crippen LogP contribution in [0.5, 0.6) is 5.75 Å². The molecule has 3 rings (SSSR count). The molecule has 2 saturated carbocycles. The number of ether oxygens (including phenoxy) is 1. The van der Waals surface area contributed by atoms with Crippen LogP contribution in [0.2, 0.25) is 0 Å². The van der Waals surface area contributed by atoms with Gasteiger partial charge in [-0.15, -0.1) is 0 Å². The molecule has 0 amide bonds. The highest BCUT2D eigenvalue weighted by Gasteiger charge is 2.31. The van der Waals surface area contributed by atoms with Gasteiger partial charge >= 0.3 is 0 Å². The van der Waals surface area contributed by atoms with Crippen LogP contribution in [-0.2, 0) is 0 Å². The van der Waals surface area contributed by atoms with Crippen molar-refractivity contribution in [1.29, 1.82) is 0 Å². The van der Waals surface area contributed by atoms with Crippen molar-refractivity contribution in [2.24, 2.45) is 17.8 Å². The average molecular weight is 415 g/mol. The van der Waals surface area contributed by atoms with Crippen LogP contribution >= 0.6 is 0 Å². The Morgan fingerprint density at radius 2 is 1.53 bits per heavy atom. The Labute approximate surface area is 184 Å². The summed E-state index contributed by atoms with van der Waals surface area (Å²) in [6.07, 6.45) is 20.6. The van der Waals surface area contributed by atoms with Gasteiger partial charge < -0.3 is 4.74 Å². The molecule has 30 heavy (non-hydrogen) atoms. The van der Waals surface area contributed by atoms with E-state index in [0.717, 1.165) is 48.9 Å². The third-order valence-electron chi connectivity index (χ3n) is 7.78. The van der Waals surface area contributed by atoms with Crippen molar-refractivity contribution in [3.8, 4) is 5.75 Å². The standard InChI is InChI=1S/C28H43FO/c1-2-3-4-7-22-30-28-19-17-27(18-20-28)26-15-13-25(14-16-26)24-11-9-23(10-12-24)8-5-6-21-29/h6,17-21,23-26H,2-5,7-16,22H2,1H3. The van der Waals surface area contributed by atoms with E-state index in [4.69, 9.17) is 4.74 Å². The summed E-state index contributed by atoms with van der Waals surface area (Å²) in [6.45, 7) is 3.09. The Bertz CT molecular complexity index is 592. The first kappa shape index (κ1) is 23.4. The van der Waals surface area contributed by atoms with E-state index >= 15 is 0 Å². The lowest BCUT2D eigenvalue weighted by Crippen LogP contribution is -2.25. The quantitative estimate of drug-likeness (QED) is 0.328. The van der Waals surface area contributed by atoms with Gasteiger partial charge in [-0.1, -0.05) is 57.2 Å². The maximum atomic E-state index is 12.1. The summed E-state index contributed by atoms with van der Waals surface area (Å²) in [5, 5.41) is 0. The lowest BCUT2D eigenvalue weighted by atomic mass is 9.68. The molecule has 2 fully saturated rings. The molecule has 0 aliphatic heterocycles. The molecule has 2 aliphatic carbocycles. The molecule has 0 bridgehead atoms. The molecule has 0 N–H and O–H groups in total. The Hall–Kier alpha value is -1.31. The van der Waals surface area contributed by atoms with Gasteiger partial charge in [-0.25, -0.2) is 4.39 Å². The van der Waals surface area contributed by atoms with E-state index in [1.165, 1.54) is 82.6 Å². The first-order chi connectivity index (χ1) is 14.8. The molecule has 2 aliphatic rings. The summed E-state index contributed by atoms with van der Waals surface area (Å²) in [5.74, 6) is 4.49. The molecule has 0 spiro atoms. The SMILES string of the molecule is CCCCCCOc1ccc(C2CCC(C3CCC(CCC=CF)CC3)CC2)cc1. The van der Waals surface area contributed by atoms with Crippen LogP contribution in [0.4, 0.5) is 4.39 Å². The normalized spacial score (nSPS) is 27.4. The second-order valence-electron chi connectivity index (χ2n) is 9.81. The fourth-order valence-electron chi connectivity index (χ4n) is 5.82. The first-order valence-corrected chi connectivity index (χ1v) is 12.8. The number of hydrogen-bond acceptors (Lipinski definition) is 1. The zero-order valence-corrected chi connectivity index (χ0v) is 19.2. The number of allylic oxidation sites excluding steroid dienone is 1. The van der Waals surface area contributed by atoms with Gasteiger partial charge in [0.05, 0.1) is 12.9 Å². The molecular weight excluding hydrogens is 371 g/mol. The molecule has 2 heteroatoms. The van der Waals surface area contributed by atoms with Gasteiger partial charge in [0.2, 0.25) is 0 Å². The Balaban J connectivity index is 1.35. The molecule has 0 unspecified atom stereocenters. The van der Waals surface area contributed by atoms with E-state index < -0.39 is 0 Å². The van der Waals surface area contributed by atoms with E-state index in [-0.39, 0.29) is 0 Å². The van der Waals surface area contributed by atoms with Crippen molar-refractivity contribution in [3.63, 3.8) is 0 Å². The summed E-state index contributed by atoms with van der Waals surface area (Å²) in [7, 11) is 0. The van der Waals surface area contributed by atoms with Gasteiger partial charge in [-0.05, 0) is 99.2 Å². The minimum absolute atomic E-state index is 0.708. The highest BCUT2D eigenvalue weighted by Crippen LogP contribution is 2.44. The molecule has 168 valence electrons. The summed E-state index contributed by atoms with van der Waals surface area (Å²) in [6, 6.07) is 8.98. The van der Waals surface area contributed by atoms with Crippen LogP contribution in [0.1, 0.15) is 108 Å². The number of unbranched alkanes of at least 4 members (excludes halogenated alkanes) is 3. The lowest BCUT2D eigenvalue weighted by molar-refractivity contribution is 0.157. The van der Waals surface area contributed by atoms with Crippen LogP contribution < -0.4 is 4.74 Å². The molecule has 0 atom stereocenters. The van der Waals surface area contributed by atoms with Gasteiger partial charge in [-0.2, -0.15) is 0 Å². The number of halogens is 1. The van der Waals surface area contributed by atoms with Gasteiger partial charge in [-0.3, -0.25) is 0 Å². The van der Waals surface area contributed by atoms with Crippen LogP contribution in [0.15, 0.2) is 36.7 Å². The zero-order valence-electron chi connectivity index (χ0n) is 19.2. The summed E-state index contributed by atoms with van der Waals surface area (Å²) < 4.78 is 18.0. The van der Waals surface area contributed by atoms with Crippen molar-refractivity contribution >= 4 is 0 Å². The second-order valence-corrected chi connectivity index (χ2v) is 9.81. The van der Waals surface area contributed by atoms with E-state index in [2.05, 4.69) is 31.2 Å². The van der Waals surface area contributed by atoms with E-state index in [1.54, 1.807) is 6.08 Å². The molecule has 1 aromatic rings. The van der Waals surface area contributed by atoms with Gasteiger partial charge in [0.25, 0.3) is 0 Å².